The van der Waals surface area contributed by atoms with Crippen LogP contribution in [0.5, 0.6) is 0 Å². The first-order chi connectivity index (χ1) is 13.0. The summed E-state index contributed by atoms with van der Waals surface area (Å²) in [4.78, 5) is 0. The highest BCUT2D eigenvalue weighted by Gasteiger charge is 2.29. The fourth-order valence-electron chi connectivity index (χ4n) is 4.13. The molecule has 0 aliphatic heterocycles. The molecular weight excluding hydrogens is 368 g/mol. The zero-order chi connectivity index (χ0) is 19.2. The third-order valence-corrected chi connectivity index (χ3v) is 8.59. The lowest BCUT2D eigenvalue weighted by Crippen LogP contribution is -2.41. The van der Waals surface area contributed by atoms with E-state index in [4.69, 9.17) is 0 Å². The van der Waals surface area contributed by atoms with E-state index in [9.17, 15) is 10.2 Å². The van der Waals surface area contributed by atoms with Gasteiger partial charge in [-0.1, -0.05) is 68.2 Å². The van der Waals surface area contributed by atoms with Crippen LogP contribution in [0.3, 0.4) is 0 Å². The number of hydrogen-bond acceptors (Lipinski definition) is 3. The second-order valence-corrected chi connectivity index (χ2v) is 14.0. The number of benzene rings is 3. The molecular formula is C23H24O2SSi. The summed E-state index contributed by atoms with van der Waals surface area (Å²) >= 11 is 1.81. The summed E-state index contributed by atoms with van der Waals surface area (Å²) in [7, 11) is -1.76. The van der Waals surface area contributed by atoms with Gasteiger partial charge < -0.3 is 10.2 Å². The Bertz CT molecular complexity index is 1120. The topological polar surface area (TPSA) is 40.5 Å². The van der Waals surface area contributed by atoms with Gasteiger partial charge in [0.1, 0.15) is 0 Å². The SMILES string of the molecule is C[Si](C)(C)c1c(CO)c(CO)c(-c2ccccc2)c2c1sc1ccccc12. The third kappa shape index (κ3) is 2.93. The summed E-state index contributed by atoms with van der Waals surface area (Å²) in [6, 6.07) is 18.8. The normalized spacial score (nSPS) is 12.2. The van der Waals surface area contributed by atoms with Gasteiger partial charge in [-0.05, 0) is 33.5 Å². The minimum atomic E-state index is -1.76. The maximum Gasteiger partial charge on any atom is 0.0799 e. The van der Waals surface area contributed by atoms with Crippen molar-refractivity contribution in [1.82, 2.24) is 0 Å². The molecule has 0 atom stereocenters. The van der Waals surface area contributed by atoms with E-state index in [1.807, 2.05) is 29.5 Å². The van der Waals surface area contributed by atoms with Gasteiger partial charge in [0.25, 0.3) is 0 Å². The van der Waals surface area contributed by atoms with E-state index in [0.29, 0.717) is 0 Å². The molecule has 0 radical (unpaired) electrons. The quantitative estimate of drug-likeness (QED) is 0.466. The lowest BCUT2D eigenvalue weighted by atomic mass is 9.91. The van der Waals surface area contributed by atoms with E-state index in [2.05, 4.69) is 56.0 Å². The first kappa shape index (κ1) is 18.4. The minimum Gasteiger partial charge on any atom is -0.392 e. The number of fused-ring (bicyclic) bond motifs is 3. The van der Waals surface area contributed by atoms with E-state index in [0.717, 1.165) is 22.3 Å². The Labute approximate surface area is 164 Å². The first-order valence-electron chi connectivity index (χ1n) is 9.24. The van der Waals surface area contributed by atoms with Crippen molar-refractivity contribution in [3.05, 3.63) is 65.7 Å². The van der Waals surface area contributed by atoms with Crippen LogP contribution in [0.1, 0.15) is 11.1 Å². The van der Waals surface area contributed by atoms with Crippen molar-refractivity contribution in [2.24, 2.45) is 0 Å². The van der Waals surface area contributed by atoms with Crippen molar-refractivity contribution in [3.8, 4) is 11.1 Å². The van der Waals surface area contributed by atoms with Crippen LogP contribution in [0.4, 0.5) is 0 Å². The van der Waals surface area contributed by atoms with E-state index in [-0.39, 0.29) is 13.2 Å². The Morgan fingerprint density at radius 1 is 0.815 bits per heavy atom. The summed E-state index contributed by atoms with van der Waals surface area (Å²) in [6.07, 6.45) is 0. The summed E-state index contributed by atoms with van der Waals surface area (Å²) in [5, 5.41) is 24.4. The van der Waals surface area contributed by atoms with Gasteiger partial charge in [-0.25, -0.2) is 0 Å². The number of aliphatic hydroxyl groups excluding tert-OH is 2. The van der Waals surface area contributed by atoms with Crippen molar-refractivity contribution in [2.75, 3.05) is 0 Å². The molecule has 4 heteroatoms. The zero-order valence-electron chi connectivity index (χ0n) is 15.9. The molecule has 4 aromatic rings. The molecule has 0 saturated carbocycles. The number of aliphatic hydroxyl groups is 2. The van der Waals surface area contributed by atoms with Crippen LogP contribution in [0.2, 0.25) is 19.6 Å². The largest absolute Gasteiger partial charge is 0.392 e. The van der Waals surface area contributed by atoms with Gasteiger partial charge in [0.05, 0.1) is 21.3 Å². The van der Waals surface area contributed by atoms with Gasteiger partial charge in [-0.15, -0.1) is 11.3 Å². The number of thiophene rings is 1. The van der Waals surface area contributed by atoms with Crippen molar-refractivity contribution >= 4 is 44.8 Å². The van der Waals surface area contributed by atoms with E-state index in [1.54, 1.807) is 0 Å². The van der Waals surface area contributed by atoms with Gasteiger partial charge in [-0.2, -0.15) is 0 Å². The first-order valence-corrected chi connectivity index (χ1v) is 13.6. The molecule has 138 valence electrons. The van der Waals surface area contributed by atoms with Crippen LogP contribution in [0.25, 0.3) is 31.3 Å². The molecule has 1 aromatic heterocycles. The second-order valence-electron chi connectivity index (χ2n) is 7.94. The fourth-order valence-corrected chi connectivity index (χ4v) is 8.32. The Balaban J connectivity index is 2.32. The van der Waals surface area contributed by atoms with Gasteiger partial charge in [0.2, 0.25) is 0 Å². The molecule has 1 heterocycles. The molecule has 0 unspecified atom stereocenters. The van der Waals surface area contributed by atoms with E-state index in [1.165, 1.54) is 25.4 Å². The van der Waals surface area contributed by atoms with Gasteiger partial charge in [-0.3, -0.25) is 0 Å². The highest BCUT2D eigenvalue weighted by molar-refractivity contribution is 7.27. The Morgan fingerprint density at radius 3 is 2.07 bits per heavy atom. The minimum absolute atomic E-state index is 0.0421. The molecule has 3 aromatic carbocycles. The highest BCUT2D eigenvalue weighted by atomic mass is 32.1. The van der Waals surface area contributed by atoms with Crippen molar-refractivity contribution in [2.45, 2.75) is 32.9 Å². The van der Waals surface area contributed by atoms with Gasteiger partial charge >= 0.3 is 0 Å². The molecule has 0 aliphatic carbocycles. The van der Waals surface area contributed by atoms with Crippen LogP contribution in [0.15, 0.2) is 54.6 Å². The third-order valence-electron chi connectivity index (χ3n) is 5.17. The molecule has 2 nitrogen and oxygen atoms in total. The fraction of sp³-hybridized carbons (Fsp3) is 0.217. The lowest BCUT2D eigenvalue weighted by molar-refractivity contribution is 0.261. The smallest absolute Gasteiger partial charge is 0.0799 e. The summed E-state index contributed by atoms with van der Waals surface area (Å²) < 4.78 is 2.53. The molecule has 0 aliphatic rings. The Hall–Kier alpha value is -1.98. The molecule has 0 fully saturated rings. The molecule has 0 amide bonds. The molecule has 27 heavy (non-hydrogen) atoms. The molecule has 0 bridgehead atoms. The number of hydrogen-bond donors (Lipinski definition) is 2. The predicted molar refractivity (Wildman–Crippen MR) is 120 cm³/mol. The van der Waals surface area contributed by atoms with Crippen LogP contribution in [0, 0.1) is 0 Å². The maximum atomic E-state index is 10.4. The van der Waals surface area contributed by atoms with Crippen LogP contribution >= 0.6 is 11.3 Å². The van der Waals surface area contributed by atoms with Gasteiger partial charge in [0, 0.05) is 20.2 Å². The van der Waals surface area contributed by atoms with Crippen molar-refractivity contribution in [1.29, 1.82) is 0 Å². The lowest BCUT2D eigenvalue weighted by Gasteiger charge is -2.26. The van der Waals surface area contributed by atoms with Gasteiger partial charge in [0.15, 0.2) is 0 Å². The average Bonchev–Trinajstić information content (AvgIpc) is 3.04. The molecule has 0 saturated heterocycles. The highest BCUT2D eigenvalue weighted by Crippen LogP contribution is 2.43. The zero-order valence-corrected chi connectivity index (χ0v) is 17.7. The Kier molecular flexibility index (Phi) is 4.68. The van der Waals surface area contributed by atoms with Crippen molar-refractivity contribution < 1.29 is 10.2 Å². The van der Waals surface area contributed by atoms with E-state index < -0.39 is 8.07 Å². The van der Waals surface area contributed by atoms with E-state index >= 15 is 0 Å². The van der Waals surface area contributed by atoms with Crippen LogP contribution in [-0.2, 0) is 13.2 Å². The Morgan fingerprint density at radius 2 is 1.44 bits per heavy atom. The summed E-state index contributed by atoms with van der Waals surface area (Å²) in [6.45, 7) is 6.83. The summed E-state index contributed by atoms with van der Waals surface area (Å²) in [5.74, 6) is 0. The standard InChI is InChI=1S/C23H24O2SSi/c1-27(2,3)23-18(14-25)17(13-24)20(15-9-5-4-6-10-15)21-16-11-7-8-12-19(16)26-22(21)23/h4-12,24-25H,13-14H2,1-3H3. The van der Waals surface area contributed by atoms with Crippen molar-refractivity contribution in [3.63, 3.8) is 0 Å². The number of rotatable bonds is 4. The molecule has 2 N–H and O–H groups in total. The van der Waals surface area contributed by atoms with Crippen LogP contribution in [-0.4, -0.2) is 18.3 Å². The maximum absolute atomic E-state index is 10.4. The molecule has 0 spiro atoms. The molecule has 4 rings (SSSR count). The summed E-state index contributed by atoms with van der Waals surface area (Å²) in [5.41, 5.74) is 3.95. The monoisotopic (exact) mass is 392 g/mol. The van der Waals surface area contributed by atoms with Crippen LogP contribution < -0.4 is 5.19 Å². The average molecular weight is 393 g/mol. The predicted octanol–water partition coefficient (Wildman–Crippen LogP) is 5.25. The second kappa shape index (κ2) is 6.88.